The van der Waals surface area contributed by atoms with Gasteiger partial charge in [-0.1, -0.05) is 74.5 Å². The average Bonchev–Trinajstić information content (AvgIpc) is 2.65. The quantitative estimate of drug-likeness (QED) is 0.606. The maximum absolute atomic E-state index is 12.3. The van der Waals surface area contributed by atoms with Gasteiger partial charge in [0.2, 0.25) is 5.91 Å². The summed E-state index contributed by atoms with van der Waals surface area (Å²) in [7, 11) is 0. The molecular formula is C22H23NO3. The minimum Gasteiger partial charge on any atom is -0.461 e. The first kappa shape index (κ1) is 19.2. The number of esters is 1. The highest BCUT2D eigenvalue weighted by atomic mass is 16.5. The molecule has 2 aromatic carbocycles. The van der Waals surface area contributed by atoms with Crippen molar-refractivity contribution in [1.29, 1.82) is 0 Å². The summed E-state index contributed by atoms with van der Waals surface area (Å²) in [6, 6.07) is 18.8. The van der Waals surface area contributed by atoms with E-state index in [0.29, 0.717) is 6.61 Å². The van der Waals surface area contributed by atoms with Crippen molar-refractivity contribution < 1.29 is 14.3 Å². The first-order valence-electron chi connectivity index (χ1n) is 8.52. The van der Waals surface area contributed by atoms with E-state index in [-0.39, 0.29) is 11.6 Å². The van der Waals surface area contributed by atoms with Crippen LogP contribution in [-0.4, -0.2) is 18.5 Å². The minimum absolute atomic E-state index is 0.111. The van der Waals surface area contributed by atoms with Crippen LogP contribution in [0.4, 0.5) is 0 Å². The van der Waals surface area contributed by atoms with Crippen LogP contribution in [-0.2, 0) is 14.3 Å². The van der Waals surface area contributed by atoms with Gasteiger partial charge in [-0.25, -0.2) is 4.79 Å². The van der Waals surface area contributed by atoms with Crippen molar-refractivity contribution in [3.8, 4) is 0 Å². The largest absolute Gasteiger partial charge is 0.461 e. The molecule has 1 amide bonds. The Morgan fingerprint density at radius 1 is 0.962 bits per heavy atom. The standard InChI is InChI=1S/C22H23NO3/c1-17(2)16-26-22(25)20(15-19-11-7-4-8-12-19)23-21(24)14-13-18-9-5-3-6-10-18/h3-15,17H,16H2,1-2H3,(H,23,24)/b14-13+,20-15-. The third-order valence-electron chi connectivity index (χ3n) is 3.36. The summed E-state index contributed by atoms with van der Waals surface area (Å²) in [6.45, 7) is 4.20. The first-order valence-corrected chi connectivity index (χ1v) is 8.52. The van der Waals surface area contributed by atoms with Gasteiger partial charge in [0, 0.05) is 6.08 Å². The fraction of sp³-hybridized carbons (Fsp3) is 0.182. The van der Waals surface area contributed by atoms with Crippen molar-refractivity contribution in [2.45, 2.75) is 13.8 Å². The van der Waals surface area contributed by atoms with Gasteiger partial charge < -0.3 is 10.1 Å². The van der Waals surface area contributed by atoms with Crippen molar-refractivity contribution in [1.82, 2.24) is 5.32 Å². The SMILES string of the molecule is CC(C)COC(=O)/C(=C/c1ccccc1)NC(=O)/C=C/c1ccccc1. The van der Waals surface area contributed by atoms with Crippen LogP contribution in [0.15, 0.2) is 72.4 Å². The molecule has 26 heavy (non-hydrogen) atoms. The third-order valence-corrected chi connectivity index (χ3v) is 3.36. The molecule has 0 bridgehead atoms. The van der Waals surface area contributed by atoms with Crippen molar-refractivity contribution in [2.24, 2.45) is 5.92 Å². The normalized spacial score (nSPS) is 11.6. The van der Waals surface area contributed by atoms with E-state index in [4.69, 9.17) is 4.74 Å². The maximum atomic E-state index is 12.3. The molecule has 0 fully saturated rings. The van der Waals surface area contributed by atoms with Crippen LogP contribution < -0.4 is 5.32 Å². The van der Waals surface area contributed by atoms with E-state index in [1.165, 1.54) is 6.08 Å². The zero-order valence-electron chi connectivity index (χ0n) is 15.0. The Morgan fingerprint density at radius 2 is 1.54 bits per heavy atom. The summed E-state index contributed by atoms with van der Waals surface area (Å²) in [5.41, 5.74) is 1.81. The highest BCUT2D eigenvalue weighted by Gasteiger charge is 2.14. The molecule has 0 unspecified atom stereocenters. The van der Waals surface area contributed by atoms with Crippen LogP contribution >= 0.6 is 0 Å². The summed E-state index contributed by atoms with van der Waals surface area (Å²) in [6.07, 6.45) is 4.69. The Hall–Kier alpha value is -3.14. The molecule has 1 N–H and O–H groups in total. The molecule has 0 saturated carbocycles. The molecule has 0 aliphatic heterocycles. The van der Waals surface area contributed by atoms with Crippen LogP contribution in [0.3, 0.4) is 0 Å². The molecule has 0 aliphatic rings. The monoisotopic (exact) mass is 349 g/mol. The summed E-state index contributed by atoms with van der Waals surface area (Å²) >= 11 is 0. The molecule has 0 radical (unpaired) electrons. The second kappa shape index (κ2) is 9.99. The number of ether oxygens (including phenoxy) is 1. The Labute approximate surface area is 154 Å². The van der Waals surface area contributed by atoms with Gasteiger partial charge in [0.25, 0.3) is 0 Å². The zero-order valence-corrected chi connectivity index (χ0v) is 15.0. The van der Waals surface area contributed by atoms with Gasteiger partial charge in [-0.15, -0.1) is 0 Å². The second-order valence-corrected chi connectivity index (χ2v) is 6.19. The predicted octanol–water partition coefficient (Wildman–Crippen LogP) is 4.06. The van der Waals surface area contributed by atoms with Crippen molar-refractivity contribution in [3.05, 3.63) is 83.6 Å². The molecule has 2 aromatic rings. The number of hydrogen-bond donors (Lipinski definition) is 1. The van der Waals surface area contributed by atoms with Gasteiger partial charge in [0.15, 0.2) is 0 Å². The molecule has 0 aromatic heterocycles. The highest BCUT2D eigenvalue weighted by Crippen LogP contribution is 2.08. The van der Waals surface area contributed by atoms with E-state index in [0.717, 1.165) is 11.1 Å². The van der Waals surface area contributed by atoms with Gasteiger partial charge in [-0.2, -0.15) is 0 Å². The molecular weight excluding hydrogens is 326 g/mol. The fourth-order valence-electron chi connectivity index (χ4n) is 2.09. The molecule has 4 heteroatoms. The lowest BCUT2D eigenvalue weighted by molar-refractivity contribution is -0.141. The maximum Gasteiger partial charge on any atom is 0.354 e. The average molecular weight is 349 g/mol. The third kappa shape index (κ3) is 6.77. The van der Waals surface area contributed by atoms with Crippen LogP contribution in [0.2, 0.25) is 0 Å². The number of benzene rings is 2. The molecule has 0 spiro atoms. The Bertz CT molecular complexity index is 778. The van der Waals surface area contributed by atoms with E-state index in [1.54, 1.807) is 12.2 Å². The summed E-state index contributed by atoms with van der Waals surface area (Å²) in [5.74, 6) is -0.729. The first-order chi connectivity index (χ1) is 12.5. The molecule has 0 saturated heterocycles. The Balaban J connectivity index is 2.12. The lowest BCUT2D eigenvalue weighted by Gasteiger charge is -2.10. The Kier molecular flexibility index (Phi) is 7.37. The lowest BCUT2D eigenvalue weighted by Crippen LogP contribution is -2.27. The van der Waals surface area contributed by atoms with Gasteiger partial charge in [-0.05, 0) is 29.2 Å². The Morgan fingerprint density at radius 3 is 2.12 bits per heavy atom. The van der Waals surface area contributed by atoms with Gasteiger partial charge in [-0.3, -0.25) is 4.79 Å². The van der Waals surface area contributed by atoms with Crippen LogP contribution in [0.25, 0.3) is 12.2 Å². The van der Waals surface area contributed by atoms with Crippen molar-refractivity contribution >= 4 is 24.0 Å². The smallest absolute Gasteiger partial charge is 0.354 e. The van der Waals surface area contributed by atoms with E-state index >= 15 is 0 Å². The minimum atomic E-state index is -0.552. The number of hydrogen-bond acceptors (Lipinski definition) is 3. The van der Waals surface area contributed by atoms with Gasteiger partial charge in [0.05, 0.1) is 6.61 Å². The second-order valence-electron chi connectivity index (χ2n) is 6.19. The molecule has 0 aliphatic carbocycles. The van der Waals surface area contributed by atoms with E-state index in [9.17, 15) is 9.59 Å². The molecule has 0 atom stereocenters. The number of rotatable bonds is 7. The molecule has 2 rings (SSSR count). The van der Waals surface area contributed by atoms with Crippen molar-refractivity contribution in [2.75, 3.05) is 6.61 Å². The molecule has 4 nitrogen and oxygen atoms in total. The van der Waals surface area contributed by atoms with Gasteiger partial charge >= 0.3 is 5.97 Å². The number of carbonyl (C=O) groups excluding carboxylic acids is 2. The summed E-state index contributed by atoms with van der Waals surface area (Å²) < 4.78 is 5.26. The molecule has 134 valence electrons. The van der Waals surface area contributed by atoms with Gasteiger partial charge in [0.1, 0.15) is 5.70 Å². The molecule has 0 heterocycles. The number of nitrogens with one attached hydrogen (secondary N) is 1. The van der Waals surface area contributed by atoms with E-state index < -0.39 is 11.9 Å². The van der Waals surface area contributed by atoms with E-state index in [2.05, 4.69) is 5.32 Å². The topological polar surface area (TPSA) is 55.4 Å². The predicted molar refractivity (Wildman–Crippen MR) is 104 cm³/mol. The number of amides is 1. The zero-order chi connectivity index (χ0) is 18.8. The van der Waals surface area contributed by atoms with Crippen LogP contribution in [0.5, 0.6) is 0 Å². The van der Waals surface area contributed by atoms with Crippen LogP contribution in [0.1, 0.15) is 25.0 Å². The van der Waals surface area contributed by atoms with Crippen LogP contribution in [0, 0.1) is 5.92 Å². The highest BCUT2D eigenvalue weighted by molar-refractivity contribution is 6.02. The fourth-order valence-corrected chi connectivity index (χ4v) is 2.09. The van der Waals surface area contributed by atoms with Crippen molar-refractivity contribution in [3.63, 3.8) is 0 Å². The number of carbonyl (C=O) groups is 2. The lowest BCUT2D eigenvalue weighted by atomic mass is 10.2. The van der Waals surface area contributed by atoms with E-state index in [1.807, 2.05) is 74.5 Å². The summed E-state index contributed by atoms with van der Waals surface area (Å²) in [5, 5.41) is 2.62. The summed E-state index contributed by atoms with van der Waals surface area (Å²) in [4.78, 5) is 24.5.